The molecule has 0 aromatic rings. The van der Waals surface area contributed by atoms with E-state index in [4.69, 9.17) is 5.11 Å². The summed E-state index contributed by atoms with van der Waals surface area (Å²) in [5.74, 6) is -2.29. The van der Waals surface area contributed by atoms with Crippen molar-refractivity contribution in [3.05, 3.63) is 11.8 Å². The molecule has 0 heterocycles. The molecular formula is C10H17NO4. The fraction of sp³-hybridized carbons (Fsp3) is 0.600. The van der Waals surface area contributed by atoms with Crippen molar-refractivity contribution >= 4 is 11.9 Å². The number of aliphatic hydroxyl groups is 1. The first-order chi connectivity index (χ1) is 7.07. The molecular weight excluding hydrogens is 198 g/mol. The van der Waals surface area contributed by atoms with Gasteiger partial charge in [0.15, 0.2) is 5.76 Å². The van der Waals surface area contributed by atoms with Gasteiger partial charge in [0, 0.05) is 0 Å². The molecule has 0 aliphatic rings. The average Bonchev–Trinajstić information content (AvgIpc) is 2.20. The minimum atomic E-state index is -1.14. The summed E-state index contributed by atoms with van der Waals surface area (Å²) >= 11 is 0. The highest BCUT2D eigenvalue weighted by Crippen LogP contribution is 2.01. The molecule has 0 saturated carbocycles. The Morgan fingerprint density at radius 3 is 2.47 bits per heavy atom. The Morgan fingerprint density at radius 2 is 1.93 bits per heavy atom. The number of aliphatic carboxylic acids is 1. The number of allylic oxidation sites excluding steroid dienone is 1. The van der Waals surface area contributed by atoms with Crippen LogP contribution in [0.4, 0.5) is 0 Å². The van der Waals surface area contributed by atoms with Gasteiger partial charge < -0.3 is 15.5 Å². The Labute approximate surface area is 88.8 Å². The second-order valence-corrected chi connectivity index (χ2v) is 3.16. The summed E-state index contributed by atoms with van der Waals surface area (Å²) in [7, 11) is 0. The normalized spacial score (nSPS) is 11.1. The lowest BCUT2D eigenvalue weighted by atomic mass is 10.2. The highest BCUT2D eigenvalue weighted by atomic mass is 16.4. The number of unbranched alkanes of at least 4 members (excludes halogenated alkanes) is 3. The molecule has 0 fully saturated rings. The zero-order valence-electron chi connectivity index (χ0n) is 8.82. The highest BCUT2D eigenvalue weighted by Gasteiger charge is 2.07. The maximum absolute atomic E-state index is 11.0. The van der Waals surface area contributed by atoms with Crippen LogP contribution in [0.25, 0.3) is 0 Å². The van der Waals surface area contributed by atoms with E-state index in [1.165, 1.54) is 6.08 Å². The van der Waals surface area contributed by atoms with E-state index < -0.39 is 24.2 Å². The fourth-order valence-corrected chi connectivity index (χ4v) is 0.972. The van der Waals surface area contributed by atoms with Crippen molar-refractivity contribution in [2.45, 2.75) is 32.6 Å². The van der Waals surface area contributed by atoms with Crippen LogP contribution in [0.15, 0.2) is 11.8 Å². The third-order valence-corrected chi connectivity index (χ3v) is 1.78. The van der Waals surface area contributed by atoms with Crippen molar-refractivity contribution in [3.8, 4) is 0 Å². The molecule has 0 bridgehead atoms. The van der Waals surface area contributed by atoms with Crippen LogP contribution in [0.5, 0.6) is 0 Å². The van der Waals surface area contributed by atoms with E-state index in [-0.39, 0.29) is 0 Å². The summed E-state index contributed by atoms with van der Waals surface area (Å²) in [5, 5.41) is 19.5. The monoisotopic (exact) mass is 215 g/mol. The van der Waals surface area contributed by atoms with E-state index in [0.29, 0.717) is 6.42 Å². The molecule has 0 unspecified atom stereocenters. The van der Waals surface area contributed by atoms with Crippen molar-refractivity contribution in [3.63, 3.8) is 0 Å². The number of carboxylic acid groups (broad SMARTS) is 1. The molecule has 0 spiro atoms. The summed E-state index contributed by atoms with van der Waals surface area (Å²) in [6.45, 7) is 1.58. The van der Waals surface area contributed by atoms with Crippen molar-refractivity contribution < 1.29 is 19.8 Å². The number of nitrogens with one attached hydrogen (secondary N) is 1. The molecule has 0 saturated heterocycles. The first-order valence-corrected chi connectivity index (χ1v) is 4.97. The van der Waals surface area contributed by atoms with Gasteiger partial charge in [0.2, 0.25) is 0 Å². The van der Waals surface area contributed by atoms with E-state index in [2.05, 4.69) is 12.2 Å². The molecule has 0 aromatic heterocycles. The summed E-state index contributed by atoms with van der Waals surface area (Å²) in [6.07, 6.45) is 5.06. The van der Waals surface area contributed by atoms with Crippen molar-refractivity contribution in [2.75, 3.05) is 6.54 Å². The molecule has 0 radical (unpaired) electrons. The number of carbonyl (C=O) groups is 2. The standard InChI is InChI=1S/C10H17NO4/c1-2-3-4-5-6-8(12)10(15)11-7-9(13)14/h6,12H,2-5,7H2,1H3,(H,11,15)(H,13,14)/b8-6-. The molecule has 0 atom stereocenters. The van der Waals surface area contributed by atoms with Crippen molar-refractivity contribution in [1.29, 1.82) is 0 Å². The van der Waals surface area contributed by atoms with Crippen LogP contribution in [-0.4, -0.2) is 28.6 Å². The van der Waals surface area contributed by atoms with Crippen molar-refractivity contribution in [2.24, 2.45) is 0 Å². The molecule has 5 nitrogen and oxygen atoms in total. The molecule has 0 aromatic carbocycles. The van der Waals surface area contributed by atoms with Gasteiger partial charge >= 0.3 is 5.97 Å². The van der Waals surface area contributed by atoms with E-state index >= 15 is 0 Å². The Bertz CT molecular complexity index is 248. The lowest BCUT2D eigenvalue weighted by molar-refractivity contribution is -0.137. The fourth-order valence-electron chi connectivity index (χ4n) is 0.972. The van der Waals surface area contributed by atoms with Crippen molar-refractivity contribution in [1.82, 2.24) is 5.32 Å². The number of carboxylic acids is 1. The molecule has 5 heteroatoms. The van der Waals surface area contributed by atoms with Crippen LogP contribution in [-0.2, 0) is 9.59 Å². The van der Waals surface area contributed by atoms with Gasteiger partial charge in [-0.25, -0.2) is 0 Å². The summed E-state index contributed by atoms with van der Waals surface area (Å²) < 4.78 is 0. The predicted molar refractivity (Wildman–Crippen MR) is 55.5 cm³/mol. The molecule has 1 amide bonds. The summed E-state index contributed by atoms with van der Waals surface area (Å²) in [5.41, 5.74) is 0. The first-order valence-electron chi connectivity index (χ1n) is 4.97. The van der Waals surface area contributed by atoms with Crippen LogP contribution < -0.4 is 5.32 Å². The molecule has 0 aliphatic carbocycles. The zero-order valence-corrected chi connectivity index (χ0v) is 8.82. The van der Waals surface area contributed by atoms with Gasteiger partial charge in [-0.15, -0.1) is 0 Å². The zero-order chi connectivity index (χ0) is 11.7. The largest absolute Gasteiger partial charge is 0.503 e. The smallest absolute Gasteiger partial charge is 0.322 e. The minimum absolute atomic E-state index is 0.410. The molecule has 3 N–H and O–H groups in total. The minimum Gasteiger partial charge on any atom is -0.503 e. The topological polar surface area (TPSA) is 86.6 Å². The van der Waals surface area contributed by atoms with Crippen LogP contribution in [0, 0.1) is 0 Å². The summed E-state index contributed by atoms with van der Waals surface area (Å²) in [4.78, 5) is 21.1. The van der Waals surface area contributed by atoms with Crippen LogP contribution in [0.1, 0.15) is 32.6 Å². The van der Waals surface area contributed by atoms with Gasteiger partial charge in [0.1, 0.15) is 6.54 Å². The van der Waals surface area contributed by atoms with Gasteiger partial charge in [-0.3, -0.25) is 9.59 Å². The number of amides is 1. The van der Waals surface area contributed by atoms with E-state index in [1.807, 2.05) is 0 Å². The van der Waals surface area contributed by atoms with E-state index in [1.54, 1.807) is 0 Å². The Balaban J connectivity index is 3.80. The Kier molecular flexibility index (Phi) is 7.05. The maximum Gasteiger partial charge on any atom is 0.322 e. The maximum atomic E-state index is 11.0. The van der Waals surface area contributed by atoms with Crippen LogP contribution in [0.2, 0.25) is 0 Å². The third kappa shape index (κ3) is 7.54. The Morgan fingerprint density at radius 1 is 1.27 bits per heavy atom. The first kappa shape index (κ1) is 13.5. The molecule has 15 heavy (non-hydrogen) atoms. The predicted octanol–water partition coefficient (Wildman–Crippen LogP) is 1.21. The third-order valence-electron chi connectivity index (χ3n) is 1.78. The van der Waals surface area contributed by atoms with Gasteiger partial charge in [-0.2, -0.15) is 0 Å². The SMILES string of the molecule is CCCCC/C=C(\O)C(=O)NCC(=O)O. The number of hydrogen-bond donors (Lipinski definition) is 3. The summed E-state index contributed by atoms with van der Waals surface area (Å²) in [6, 6.07) is 0. The second-order valence-electron chi connectivity index (χ2n) is 3.16. The van der Waals surface area contributed by atoms with E-state index in [0.717, 1.165) is 19.3 Å². The number of rotatable bonds is 7. The molecule has 0 aliphatic heterocycles. The van der Waals surface area contributed by atoms with E-state index in [9.17, 15) is 14.7 Å². The second kappa shape index (κ2) is 7.84. The van der Waals surface area contributed by atoms with Crippen LogP contribution in [0.3, 0.4) is 0 Å². The Hall–Kier alpha value is -1.52. The number of carbonyl (C=O) groups excluding carboxylic acids is 1. The van der Waals surface area contributed by atoms with Gasteiger partial charge in [0.25, 0.3) is 5.91 Å². The molecule has 86 valence electrons. The highest BCUT2D eigenvalue weighted by molar-refractivity contribution is 5.92. The lowest BCUT2D eigenvalue weighted by Crippen LogP contribution is -2.30. The quantitative estimate of drug-likeness (QED) is 0.338. The number of hydrogen-bond acceptors (Lipinski definition) is 3. The van der Waals surface area contributed by atoms with Crippen LogP contribution >= 0.6 is 0 Å². The van der Waals surface area contributed by atoms with Gasteiger partial charge in [-0.05, 0) is 18.9 Å². The number of aliphatic hydroxyl groups excluding tert-OH is 1. The van der Waals surface area contributed by atoms with Gasteiger partial charge in [-0.1, -0.05) is 19.8 Å². The lowest BCUT2D eigenvalue weighted by Gasteiger charge is -2.00. The average molecular weight is 215 g/mol. The molecule has 0 rings (SSSR count). The van der Waals surface area contributed by atoms with Gasteiger partial charge in [0.05, 0.1) is 0 Å².